The molecule has 0 fully saturated rings. The van der Waals surface area contributed by atoms with Crippen LogP contribution in [-0.4, -0.2) is 23.4 Å². The quantitative estimate of drug-likeness (QED) is 0.415. The van der Waals surface area contributed by atoms with Gasteiger partial charge in [0.1, 0.15) is 5.75 Å². The number of para-hydroxylation sites is 1. The first-order chi connectivity index (χ1) is 14.1. The van der Waals surface area contributed by atoms with E-state index in [0.717, 1.165) is 36.2 Å². The lowest BCUT2D eigenvalue weighted by molar-refractivity contribution is -0.130. The molecule has 0 spiro atoms. The number of nitrogens with zero attached hydrogens (tertiary/aromatic N) is 1. The molecular formula is C22H25N3O3S. The van der Waals surface area contributed by atoms with E-state index in [1.165, 1.54) is 10.3 Å². The van der Waals surface area contributed by atoms with Crippen molar-refractivity contribution in [1.29, 1.82) is 0 Å². The lowest BCUT2D eigenvalue weighted by atomic mass is 10.2. The molecule has 0 aliphatic rings. The van der Waals surface area contributed by atoms with Crippen molar-refractivity contribution in [2.75, 3.05) is 6.61 Å². The Kier molecular flexibility index (Phi) is 7.58. The van der Waals surface area contributed by atoms with Gasteiger partial charge >= 0.3 is 0 Å². The number of hydrazine groups is 1. The highest BCUT2D eigenvalue weighted by Crippen LogP contribution is 2.22. The first-order valence-corrected chi connectivity index (χ1v) is 10.6. The van der Waals surface area contributed by atoms with Crippen LogP contribution in [0.15, 0.2) is 48.5 Å². The Morgan fingerprint density at radius 1 is 1.00 bits per heavy atom. The number of fused-ring (bicyclic) bond motifs is 1. The van der Waals surface area contributed by atoms with E-state index < -0.39 is 5.91 Å². The van der Waals surface area contributed by atoms with Crippen LogP contribution in [0.4, 0.5) is 0 Å². The number of amides is 2. The Labute approximate surface area is 174 Å². The third-order valence-corrected chi connectivity index (χ3v) is 5.52. The number of nitrogens with one attached hydrogen (secondary N) is 2. The van der Waals surface area contributed by atoms with Crippen molar-refractivity contribution in [2.24, 2.45) is 0 Å². The van der Waals surface area contributed by atoms with Gasteiger partial charge in [0.05, 0.1) is 15.2 Å². The average molecular weight is 412 g/mol. The lowest BCUT2D eigenvalue weighted by Crippen LogP contribution is -2.43. The fourth-order valence-corrected chi connectivity index (χ4v) is 3.81. The van der Waals surface area contributed by atoms with E-state index in [1.807, 2.05) is 42.5 Å². The molecule has 0 radical (unpaired) electrons. The zero-order chi connectivity index (χ0) is 20.5. The first kappa shape index (κ1) is 20.8. The molecule has 3 rings (SSSR count). The molecular weight excluding hydrogens is 386 g/mol. The second-order valence-electron chi connectivity index (χ2n) is 6.66. The van der Waals surface area contributed by atoms with Crippen molar-refractivity contribution in [2.45, 2.75) is 39.0 Å². The standard InChI is InChI=1S/C22H25N3O3S/c1-2-16-11-13-17(14-12-16)28-15-21(27)25-24-20(26)9-5-6-10-22-23-18-7-3-4-8-19(18)29-22/h3-4,7-8,11-14H,2,5-6,9-10,15H2,1H3,(H,24,26)(H,25,27). The summed E-state index contributed by atoms with van der Waals surface area (Å²) >= 11 is 1.69. The summed E-state index contributed by atoms with van der Waals surface area (Å²) < 4.78 is 6.59. The Balaban J connectivity index is 1.28. The van der Waals surface area contributed by atoms with Crippen LogP contribution in [0.2, 0.25) is 0 Å². The summed E-state index contributed by atoms with van der Waals surface area (Å²) in [6.45, 7) is 1.93. The highest BCUT2D eigenvalue weighted by atomic mass is 32.1. The Bertz CT molecular complexity index is 920. The van der Waals surface area contributed by atoms with E-state index in [-0.39, 0.29) is 12.5 Å². The highest BCUT2D eigenvalue weighted by molar-refractivity contribution is 7.18. The molecule has 29 heavy (non-hydrogen) atoms. The molecule has 6 nitrogen and oxygen atoms in total. The minimum atomic E-state index is -0.396. The molecule has 0 aliphatic heterocycles. The van der Waals surface area contributed by atoms with Crippen LogP contribution >= 0.6 is 11.3 Å². The molecule has 0 saturated heterocycles. The van der Waals surface area contributed by atoms with Gasteiger partial charge in [-0.3, -0.25) is 20.4 Å². The summed E-state index contributed by atoms with van der Waals surface area (Å²) in [5, 5.41) is 1.09. The maximum atomic E-state index is 11.9. The molecule has 0 aliphatic carbocycles. The minimum Gasteiger partial charge on any atom is -0.484 e. The summed E-state index contributed by atoms with van der Waals surface area (Å²) in [5.74, 6) is 0.0147. The van der Waals surface area contributed by atoms with Crippen LogP contribution in [0.1, 0.15) is 36.8 Å². The SMILES string of the molecule is CCc1ccc(OCC(=O)NNC(=O)CCCCc2nc3ccccc3s2)cc1. The zero-order valence-corrected chi connectivity index (χ0v) is 17.3. The van der Waals surface area contributed by atoms with Crippen LogP contribution in [0.5, 0.6) is 5.75 Å². The summed E-state index contributed by atoms with van der Waals surface area (Å²) in [7, 11) is 0. The zero-order valence-electron chi connectivity index (χ0n) is 16.4. The molecule has 0 unspecified atom stereocenters. The van der Waals surface area contributed by atoms with Crippen molar-refractivity contribution in [3.05, 3.63) is 59.1 Å². The maximum Gasteiger partial charge on any atom is 0.276 e. The third-order valence-electron chi connectivity index (χ3n) is 4.43. The molecule has 0 atom stereocenters. The number of carbonyl (C=O) groups excluding carboxylic acids is 2. The number of rotatable bonds is 9. The Morgan fingerprint density at radius 2 is 1.76 bits per heavy atom. The van der Waals surface area contributed by atoms with Crippen molar-refractivity contribution in [1.82, 2.24) is 15.8 Å². The molecule has 2 aromatic carbocycles. The van der Waals surface area contributed by atoms with Gasteiger partial charge in [-0.25, -0.2) is 4.98 Å². The number of carbonyl (C=O) groups is 2. The number of aromatic nitrogens is 1. The molecule has 1 heterocycles. The molecule has 152 valence electrons. The number of unbranched alkanes of at least 4 members (excludes halogenated alkanes) is 1. The van der Waals surface area contributed by atoms with Crippen LogP contribution in [-0.2, 0) is 22.4 Å². The number of hydrogen-bond acceptors (Lipinski definition) is 5. The first-order valence-electron chi connectivity index (χ1n) is 9.78. The van der Waals surface area contributed by atoms with Gasteiger partial charge in [0, 0.05) is 6.42 Å². The fraction of sp³-hybridized carbons (Fsp3) is 0.318. The summed E-state index contributed by atoms with van der Waals surface area (Å²) in [6.07, 6.45) is 3.76. The molecule has 3 aromatic rings. The molecule has 0 bridgehead atoms. The van der Waals surface area contributed by atoms with Gasteiger partial charge in [-0.05, 0) is 55.5 Å². The largest absolute Gasteiger partial charge is 0.484 e. The normalized spacial score (nSPS) is 10.7. The van der Waals surface area contributed by atoms with Crippen molar-refractivity contribution in [3.63, 3.8) is 0 Å². The number of ether oxygens (including phenoxy) is 1. The fourth-order valence-electron chi connectivity index (χ4n) is 2.80. The monoisotopic (exact) mass is 411 g/mol. The van der Waals surface area contributed by atoms with E-state index in [9.17, 15) is 9.59 Å². The van der Waals surface area contributed by atoms with Gasteiger partial charge in [0.2, 0.25) is 5.91 Å². The molecule has 1 aromatic heterocycles. The smallest absolute Gasteiger partial charge is 0.276 e. The van der Waals surface area contributed by atoms with Gasteiger partial charge in [-0.1, -0.05) is 31.2 Å². The van der Waals surface area contributed by atoms with Crippen LogP contribution in [0.3, 0.4) is 0 Å². The number of thiazole rings is 1. The minimum absolute atomic E-state index is 0.149. The van der Waals surface area contributed by atoms with E-state index in [0.29, 0.717) is 12.2 Å². The number of benzene rings is 2. The predicted molar refractivity (Wildman–Crippen MR) is 115 cm³/mol. The van der Waals surface area contributed by atoms with Gasteiger partial charge in [0.15, 0.2) is 6.61 Å². The lowest BCUT2D eigenvalue weighted by Gasteiger charge is -2.09. The van der Waals surface area contributed by atoms with E-state index in [4.69, 9.17) is 4.74 Å². The van der Waals surface area contributed by atoms with Gasteiger partial charge in [0.25, 0.3) is 5.91 Å². The van der Waals surface area contributed by atoms with Crippen LogP contribution in [0.25, 0.3) is 10.2 Å². The topological polar surface area (TPSA) is 80.3 Å². The third kappa shape index (κ3) is 6.57. The summed E-state index contributed by atoms with van der Waals surface area (Å²) in [4.78, 5) is 28.2. The summed E-state index contributed by atoms with van der Waals surface area (Å²) in [5.41, 5.74) is 7.03. The predicted octanol–water partition coefficient (Wildman–Crippen LogP) is 3.80. The maximum absolute atomic E-state index is 11.9. The number of hydrogen-bond donors (Lipinski definition) is 2. The van der Waals surface area contributed by atoms with Crippen molar-refractivity contribution < 1.29 is 14.3 Å². The number of aryl methyl sites for hydroxylation is 2. The molecule has 2 amide bonds. The average Bonchev–Trinajstić information content (AvgIpc) is 3.17. The van der Waals surface area contributed by atoms with Crippen molar-refractivity contribution >= 4 is 33.4 Å². The van der Waals surface area contributed by atoms with Gasteiger partial charge in [-0.15, -0.1) is 11.3 Å². The van der Waals surface area contributed by atoms with Gasteiger partial charge < -0.3 is 4.74 Å². The van der Waals surface area contributed by atoms with E-state index in [2.05, 4.69) is 28.8 Å². The van der Waals surface area contributed by atoms with E-state index >= 15 is 0 Å². The van der Waals surface area contributed by atoms with E-state index in [1.54, 1.807) is 11.3 Å². The van der Waals surface area contributed by atoms with Crippen molar-refractivity contribution in [3.8, 4) is 5.75 Å². The van der Waals surface area contributed by atoms with Crippen LogP contribution < -0.4 is 15.6 Å². The highest BCUT2D eigenvalue weighted by Gasteiger charge is 2.07. The summed E-state index contributed by atoms with van der Waals surface area (Å²) in [6, 6.07) is 15.7. The second kappa shape index (κ2) is 10.6. The van der Waals surface area contributed by atoms with Gasteiger partial charge in [-0.2, -0.15) is 0 Å². The molecule has 0 saturated carbocycles. The second-order valence-corrected chi connectivity index (χ2v) is 7.78. The van der Waals surface area contributed by atoms with Crippen LogP contribution in [0, 0.1) is 0 Å². The Morgan fingerprint density at radius 3 is 2.52 bits per heavy atom. The molecule has 2 N–H and O–H groups in total. The molecule has 7 heteroatoms. The Hall–Kier alpha value is -2.93.